The van der Waals surface area contributed by atoms with Crippen LogP contribution >= 0.6 is 11.8 Å². The van der Waals surface area contributed by atoms with Gasteiger partial charge in [-0.3, -0.25) is 4.79 Å². The van der Waals surface area contributed by atoms with Crippen LogP contribution in [0.15, 0.2) is 96.2 Å². The minimum Gasteiger partial charge on any atom is -0.378 e. The second kappa shape index (κ2) is 12.9. The van der Waals surface area contributed by atoms with Crippen molar-refractivity contribution in [1.82, 2.24) is 15.3 Å². The molecule has 1 amide bonds. The van der Waals surface area contributed by atoms with Gasteiger partial charge in [0.1, 0.15) is 5.82 Å². The van der Waals surface area contributed by atoms with Gasteiger partial charge in [0.15, 0.2) is 5.16 Å². The summed E-state index contributed by atoms with van der Waals surface area (Å²) >= 11 is 1.55. The van der Waals surface area contributed by atoms with Crippen LogP contribution in [0.2, 0.25) is 0 Å². The number of nitrogens with zero attached hydrogens (tertiary/aromatic N) is 3. The molecule has 0 aliphatic rings. The Morgan fingerprint density at radius 1 is 0.889 bits per heavy atom. The number of ether oxygens (including phenoxy) is 1. The van der Waals surface area contributed by atoms with Crippen LogP contribution in [0.25, 0.3) is 0 Å². The molecule has 0 atom stereocenters. The smallest absolute Gasteiger partial charge is 0.251 e. The molecule has 6 nitrogen and oxygen atoms in total. The minimum atomic E-state index is -0.0890. The Balaban J connectivity index is 1.42. The monoisotopic (exact) mass is 498 g/mol. The van der Waals surface area contributed by atoms with Gasteiger partial charge in [-0.2, -0.15) is 0 Å². The molecule has 0 saturated carbocycles. The fraction of sp³-hybridized carbons (Fsp3) is 0.207. The summed E-state index contributed by atoms with van der Waals surface area (Å²) in [6, 6.07) is 29.8. The van der Waals surface area contributed by atoms with Crippen LogP contribution in [0.3, 0.4) is 0 Å². The lowest BCUT2D eigenvalue weighted by molar-refractivity contribution is 0.0951. The molecule has 0 unspecified atom stereocenters. The van der Waals surface area contributed by atoms with Gasteiger partial charge < -0.3 is 15.0 Å². The SMILES string of the molecule is COCc1cc(N(C)Cc2ccccc2)nc(SCc2cccc(C(=O)NCc3ccccc3)c2)n1. The topological polar surface area (TPSA) is 67.3 Å². The van der Waals surface area contributed by atoms with E-state index in [1.165, 1.54) is 5.56 Å². The number of rotatable bonds is 11. The summed E-state index contributed by atoms with van der Waals surface area (Å²) < 4.78 is 5.33. The molecule has 0 saturated heterocycles. The van der Waals surface area contributed by atoms with E-state index in [1.54, 1.807) is 18.9 Å². The molecular weight excluding hydrogens is 468 g/mol. The van der Waals surface area contributed by atoms with Crippen molar-refractivity contribution in [2.24, 2.45) is 0 Å². The fourth-order valence-electron chi connectivity index (χ4n) is 3.71. The van der Waals surface area contributed by atoms with Crippen LogP contribution in [0.1, 0.15) is 32.7 Å². The van der Waals surface area contributed by atoms with Crippen molar-refractivity contribution in [2.45, 2.75) is 30.6 Å². The maximum absolute atomic E-state index is 12.7. The van der Waals surface area contributed by atoms with E-state index in [0.29, 0.717) is 29.6 Å². The molecule has 184 valence electrons. The van der Waals surface area contributed by atoms with Crippen molar-refractivity contribution < 1.29 is 9.53 Å². The third-order valence-electron chi connectivity index (χ3n) is 5.54. The number of thioether (sulfide) groups is 1. The van der Waals surface area contributed by atoms with Crippen molar-refractivity contribution in [3.05, 3.63) is 119 Å². The van der Waals surface area contributed by atoms with Gasteiger partial charge in [0.05, 0.1) is 12.3 Å². The molecule has 3 aromatic carbocycles. The van der Waals surface area contributed by atoms with Gasteiger partial charge in [0, 0.05) is 44.6 Å². The van der Waals surface area contributed by atoms with E-state index in [2.05, 4.69) is 27.3 Å². The van der Waals surface area contributed by atoms with E-state index in [9.17, 15) is 4.79 Å². The Kier molecular flexibility index (Phi) is 9.08. The lowest BCUT2D eigenvalue weighted by Gasteiger charge is -2.19. The molecule has 7 heteroatoms. The average Bonchev–Trinajstić information content (AvgIpc) is 2.92. The van der Waals surface area contributed by atoms with E-state index >= 15 is 0 Å². The summed E-state index contributed by atoms with van der Waals surface area (Å²) in [6.45, 7) is 1.66. The molecule has 1 heterocycles. The second-order valence-corrected chi connectivity index (χ2v) is 9.37. The van der Waals surface area contributed by atoms with Crippen molar-refractivity contribution >= 4 is 23.5 Å². The van der Waals surface area contributed by atoms with Gasteiger partial charge in [0.25, 0.3) is 5.91 Å². The summed E-state index contributed by atoms with van der Waals surface area (Å²) in [7, 11) is 3.69. The fourth-order valence-corrected chi connectivity index (χ4v) is 4.53. The summed E-state index contributed by atoms with van der Waals surface area (Å²) in [5, 5.41) is 3.67. The maximum atomic E-state index is 12.7. The largest absolute Gasteiger partial charge is 0.378 e. The highest BCUT2D eigenvalue weighted by Crippen LogP contribution is 2.24. The lowest BCUT2D eigenvalue weighted by Crippen LogP contribution is -2.22. The first-order chi connectivity index (χ1) is 17.6. The summed E-state index contributed by atoms with van der Waals surface area (Å²) in [4.78, 5) is 24.2. The molecular formula is C29H30N4O2S. The van der Waals surface area contributed by atoms with Crippen molar-refractivity contribution in [1.29, 1.82) is 0 Å². The Morgan fingerprint density at radius 3 is 2.31 bits per heavy atom. The normalized spacial score (nSPS) is 10.7. The number of carbonyl (C=O) groups excluding carboxylic acids is 1. The number of hydrogen-bond acceptors (Lipinski definition) is 6. The third kappa shape index (κ3) is 7.41. The highest BCUT2D eigenvalue weighted by atomic mass is 32.2. The molecule has 4 rings (SSSR count). The zero-order valence-corrected chi connectivity index (χ0v) is 21.4. The predicted molar refractivity (Wildman–Crippen MR) is 145 cm³/mol. The molecule has 0 bridgehead atoms. The van der Waals surface area contributed by atoms with E-state index in [0.717, 1.165) is 29.2 Å². The van der Waals surface area contributed by atoms with Gasteiger partial charge in [-0.15, -0.1) is 0 Å². The number of amides is 1. The highest BCUT2D eigenvalue weighted by Gasteiger charge is 2.11. The number of anilines is 1. The average molecular weight is 499 g/mol. The van der Waals surface area contributed by atoms with Crippen LogP contribution in [0, 0.1) is 0 Å². The molecule has 1 aromatic heterocycles. The second-order valence-electron chi connectivity index (χ2n) is 8.43. The number of nitrogens with one attached hydrogen (secondary N) is 1. The van der Waals surface area contributed by atoms with E-state index in [-0.39, 0.29) is 5.91 Å². The summed E-state index contributed by atoms with van der Waals surface area (Å²) in [5.41, 5.74) is 4.79. The molecule has 36 heavy (non-hydrogen) atoms. The van der Waals surface area contributed by atoms with E-state index < -0.39 is 0 Å². The maximum Gasteiger partial charge on any atom is 0.251 e. The Bertz CT molecular complexity index is 1270. The number of carbonyl (C=O) groups is 1. The number of aromatic nitrogens is 2. The van der Waals surface area contributed by atoms with E-state index in [1.807, 2.05) is 85.9 Å². The van der Waals surface area contributed by atoms with Crippen LogP contribution in [-0.4, -0.2) is 30.0 Å². The first kappa shape index (κ1) is 25.4. The molecule has 0 aliphatic carbocycles. The zero-order valence-electron chi connectivity index (χ0n) is 20.6. The highest BCUT2D eigenvalue weighted by molar-refractivity contribution is 7.98. The van der Waals surface area contributed by atoms with Crippen LogP contribution < -0.4 is 10.2 Å². The first-order valence-corrected chi connectivity index (χ1v) is 12.7. The number of hydrogen-bond donors (Lipinski definition) is 1. The molecule has 0 fully saturated rings. The van der Waals surface area contributed by atoms with Gasteiger partial charge in [0.2, 0.25) is 0 Å². The van der Waals surface area contributed by atoms with Crippen LogP contribution in [0.5, 0.6) is 0 Å². The van der Waals surface area contributed by atoms with Crippen molar-refractivity contribution in [2.75, 3.05) is 19.1 Å². The van der Waals surface area contributed by atoms with Gasteiger partial charge in [-0.25, -0.2) is 9.97 Å². The van der Waals surface area contributed by atoms with Gasteiger partial charge >= 0.3 is 0 Å². The van der Waals surface area contributed by atoms with Crippen LogP contribution in [0.4, 0.5) is 5.82 Å². The molecule has 0 radical (unpaired) electrons. The first-order valence-electron chi connectivity index (χ1n) is 11.8. The summed E-state index contributed by atoms with van der Waals surface area (Å²) in [6.07, 6.45) is 0. The quantitative estimate of drug-likeness (QED) is 0.218. The Labute approximate surface area is 216 Å². The number of methoxy groups -OCH3 is 1. The van der Waals surface area contributed by atoms with Gasteiger partial charge in [-0.05, 0) is 28.8 Å². The Morgan fingerprint density at radius 2 is 1.58 bits per heavy atom. The standard InChI is InChI=1S/C29H30N4O2S/c1-33(19-23-12-7-4-8-13-23)27-17-26(20-35-2)31-29(32-27)36-21-24-14-9-15-25(16-24)28(34)30-18-22-10-5-3-6-11-22/h3-17H,18-21H2,1-2H3,(H,30,34). The zero-order chi connectivity index (χ0) is 25.2. The van der Waals surface area contributed by atoms with Gasteiger partial charge in [-0.1, -0.05) is 84.6 Å². The molecule has 0 aliphatic heterocycles. The summed E-state index contributed by atoms with van der Waals surface area (Å²) in [5.74, 6) is 1.41. The van der Waals surface area contributed by atoms with Crippen molar-refractivity contribution in [3.8, 4) is 0 Å². The third-order valence-corrected chi connectivity index (χ3v) is 6.46. The lowest BCUT2D eigenvalue weighted by atomic mass is 10.1. The number of benzene rings is 3. The predicted octanol–water partition coefficient (Wildman–Crippen LogP) is 5.48. The van der Waals surface area contributed by atoms with E-state index in [4.69, 9.17) is 9.72 Å². The minimum absolute atomic E-state index is 0.0890. The van der Waals surface area contributed by atoms with Crippen LogP contribution in [-0.2, 0) is 30.2 Å². The van der Waals surface area contributed by atoms with Crippen molar-refractivity contribution in [3.63, 3.8) is 0 Å². The Hall–Kier alpha value is -3.68. The molecule has 4 aromatic rings. The molecule has 0 spiro atoms. The molecule has 1 N–H and O–H groups in total.